The molecular formula is C26H33N7O2S. The molecule has 1 amide bonds. The van der Waals surface area contributed by atoms with Gasteiger partial charge in [0.1, 0.15) is 22.6 Å². The van der Waals surface area contributed by atoms with E-state index >= 15 is 0 Å². The lowest BCUT2D eigenvalue weighted by Crippen LogP contribution is -2.38. The molecule has 2 aliphatic heterocycles. The summed E-state index contributed by atoms with van der Waals surface area (Å²) >= 11 is 1.47. The fraction of sp³-hybridized carbons (Fsp3) is 0.462. The molecule has 3 aromatic rings. The van der Waals surface area contributed by atoms with Gasteiger partial charge in [0.25, 0.3) is 5.91 Å². The van der Waals surface area contributed by atoms with Crippen molar-refractivity contribution in [3.05, 3.63) is 45.6 Å². The summed E-state index contributed by atoms with van der Waals surface area (Å²) in [6.07, 6.45) is 5.98. The number of carbonyl (C=O) groups excluding carboxylic acids is 1. The lowest BCUT2D eigenvalue weighted by Gasteiger charge is -2.23. The fourth-order valence-corrected chi connectivity index (χ4v) is 6.03. The quantitative estimate of drug-likeness (QED) is 0.505. The highest BCUT2D eigenvalue weighted by molar-refractivity contribution is 7.24. The Morgan fingerprint density at radius 2 is 2.03 bits per heavy atom. The number of aromatic nitrogens is 1. The number of thiazole rings is 1. The molecule has 10 heteroatoms. The van der Waals surface area contributed by atoms with E-state index in [2.05, 4.69) is 37.9 Å². The predicted molar refractivity (Wildman–Crippen MR) is 149 cm³/mol. The van der Waals surface area contributed by atoms with E-state index in [0.717, 1.165) is 55.7 Å². The second-order valence-corrected chi connectivity index (χ2v) is 10.5. The van der Waals surface area contributed by atoms with E-state index in [1.807, 2.05) is 28.7 Å². The molecule has 0 atom stereocenters. The van der Waals surface area contributed by atoms with Crippen LogP contribution in [-0.4, -0.2) is 80.6 Å². The number of fused-ring (bicyclic) bond motifs is 5. The summed E-state index contributed by atoms with van der Waals surface area (Å²) in [5.74, 6) is 0.764. The van der Waals surface area contributed by atoms with E-state index in [0.29, 0.717) is 41.8 Å². The van der Waals surface area contributed by atoms with Crippen molar-refractivity contribution in [2.75, 3.05) is 58.2 Å². The number of nitrogens with zero attached hydrogens (tertiary/aromatic N) is 4. The Labute approximate surface area is 214 Å². The first-order chi connectivity index (χ1) is 17.6. The Balaban J connectivity index is 1.62. The number of aliphatic imine (C=N–C) groups is 2. The first kappa shape index (κ1) is 24.6. The van der Waals surface area contributed by atoms with Gasteiger partial charge in [-0.05, 0) is 64.0 Å². The van der Waals surface area contributed by atoms with E-state index in [1.54, 1.807) is 0 Å². The van der Waals surface area contributed by atoms with Gasteiger partial charge in [0.05, 0.1) is 22.3 Å². The number of likely N-dealkylation sites (N-methyl/N-ethyl adjacent to an activating group) is 1. The molecule has 1 aromatic carbocycles. The molecule has 190 valence electrons. The van der Waals surface area contributed by atoms with Gasteiger partial charge in [-0.25, -0.2) is 4.99 Å². The van der Waals surface area contributed by atoms with Crippen LogP contribution in [-0.2, 0) is 0 Å². The third-order valence-corrected chi connectivity index (χ3v) is 8.03. The highest BCUT2D eigenvalue weighted by atomic mass is 32.1. The number of nitrogens with one attached hydrogen (secondary N) is 3. The molecule has 0 radical (unpaired) electrons. The number of hydrogen-bond acceptors (Lipinski definition) is 8. The second-order valence-electron chi connectivity index (χ2n) is 9.46. The molecule has 0 bridgehead atoms. The van der Waals surface area contributed by atoms with Crippen LogP contribution in [0.1, 0.15) is 35.2 Å². The summed E-state index contributed by atoms with van der Waals surface area (Å²) in [6.45, 7) is 5.59. The number of amides is 1. The Bertz CT molecular complexity index is 1350. The zero-order chi connectivity index (χ0) is 24.9. The van der Waals surface area contributed by atoms with Crippen LogP contribution < -0.4 is 21.4 Å². The molecule has 0 aliphatic carbocycles. The van der Waals surface area contributed by atoms with Gasteiger partial charge in [-0.2, -0.15) is 0 Å². The maximum absolute atomic E-state index is 13.9. The Kier molecular flexibility index (Phi) is 7.74. The van der Waals surface area contributed by atoms with E-state index < -0.39 is 0 Å². The van der Waals surface area contributed by atoms with Crippen LogP contribution in [0, 0.1) is 5.92 Å². The number of rotatable bonds is 3. The topological polar surface area (TPSA) is 103 Å². The van der Waals surface area contributed by atoms with Gasteiger partial charge in [0, 0.05) is 25.8 Å². The van der Waals surface area contributed by atoms with E-state index in [1.165, 1.54) is 23.9 Å². The smallest absolute Gasteiger partial charge is 0.258 e. The van der Waals surface area contributed by atoms with Crippen molar-refractivity contribution in [3.63, 3.8) is 0 Å². The van der Waals surface area contributed by atoms with Crippen LogP contribution in [0.5, 0.6) is 0 Å². The van der Waals surface area contributed by atoms with Crippen molar-refractivity contribution in [1.82, 2.24) is 19.9 Å². The minimum absolute atomic E-state index is 0.179. The van der Waals surface area contributed by atoms with Crippen LogP contribution in [0.15, 0.2) is 39.0 Å². The SMILES string of the molecule is CN1CCCNc2c(c(=O)c(C(=O)NCC3CCNCC3)c3sc4ccccc4n23)C=NC=NCC1. The van der Waals surface area contributed by atoms with Crippen molar-refractivity contribution in [2.24, 2.45) is 15.9 Å². The van der Waals surface area contributed by atoms with Gasteiger partial charge in [-0.3, -0.25) is 19.0 Å². The molecular weight excluding hydrogens is 474 g/mol. The van der Waals surface area contributed by atoms with Crippen LogP contribution in [0.3, 0.4) is 0 Å². The molecule has 1 saturated heterocycles. The summed E-state index contributed by atoms with van der Waals surface area (Å²) in [7, 11) is 2.08. The third kappa shape index (κ3) is 5.21. The number of piperidine rings is 1. The number of para-hydroxylation sites is 1. The number of pyridine rings is 1. The Morgan fingerprint density at radius 1 is 1.19 bits per heavy atom. The monoisotopic (exact) mass is 507 g/mol. The largest absolute Gasteiger partial charge is 0.370 e. The maximum atomic E-state index is 13.9. The summed E-state index contributed by atoms with van der Waals surface area (Å²) < 4.78 is 3.03. The number of benzene rings is 1. The first-order valence-electron chi connectivity index (χ1n) is 12.7. The van der Waals surface area contributed by atoms with Gasteiger partial charge in [-0.15, -0.1) is 11.3 Å². The van der Waals surface area contributed by atoms with Crippen LogP contribution >= 0.6 is 11.3 Å². The third-order valence-electron chi connectivity index (χ3n) is 6.89. The maximum Gasteiger partial charge on any atom is 0.258 e. The van der Waals surface area contributed by atoms with Crippen LogP contribution in [0.4, 0.5) is 5.82 Å². The van der Waals surface area contributed by atoms with Crippen LogP contribution in [0.25, 0.3) is 15.0 Å². The molecule has 0 saturated carbocycles. The van der Waals surface area contributed by atoms with Crippen molar-refractivity contribution >= 4 is 50.7 Å². The molecule has 36 heavy (non-hydrogen) atoms. The summed E-state index contributed by atoms with van der Waals surface area (Å²) in [5.41, 5.74) is 1.20. The van der Waals surface area contributed by atoms with Crippen molar-refractivity contribution in [2.45, 2.75) is 19.3 Å². The van der Waals surface area contributed by atoms with Gasteiger partial charge in [0.15, 0.2) is 0 Å². The number of hydrogen-bond donors (Lipinski definition) is 3. The normalized spacial score (nSPS) is 18.2. The fourth-order valence-electron chi connectivity index (χ4n) is 4.85. The van der Waals surface area contributed by atoms with E-state index in [-0.39, 0.29) is 16.9 Å². The van der Waals surface area contributed by atoms with Crippen molar-refractivity contribution in [3.8, 4) is 0 Å². The zero-order valence-corrected chi connectivity index (χ0v) is 21.4. The molecule has 0 unspecified atom stereocenters. The van der Waals surface area contributed by atoms with Crippen molar-refractivity contribution in [1.29, 1.82) is 0 Å². The Hall–Kier alpha value is -3.08. The predicted octanol–water partition coefficient (Wildman–Crippen LogP) is 2.44. The van der Waals surface area contributed by atoms with Gasteiger partial charge < -0.3 is 20.9 Å². The molecule has 9 nitrogen and oxygen atoms in total. The number of carbonyl (C=O) groups is 1. The van der Waals surface area contributed by atoms with Gasteiger partial charge >= 0.3 is 0 Å². The van der Waals surface area contributed by atoms with E-state index in [9.17, 15) is 9.59 Å². The number of anilines is 1. The van der Waals surface area contributed by atoms with Gasteiger partial charge in [0.2, 0.25) is 5.43 Å². The lowest BCUT2D eigenvalue weighted by molar-refractivity contribution is 0.0944. The minimum Gasteiger partial charge on any atom is -0.370 e. The molecule has 5 rings (SSSR count). The standard InChI is InChI=1S/C26H33N7O2S/c1-32-13-4-9-30-24-19(16-29-17-28-12-14-32)23(34)22(25(35)31-15-18-7-10-27-11-8-18)26-33(24)20-5-2-3-6-21(20)36-26/h2-3,5-6,16-18,27,30H,4,7-15H2,1H3,(H,31,35). The molecule has 3 N–H and O–H groups in total. The first-order valence-corrected chi connectivity index (χ1v) is 13.5. The second kappa shape index (κ2) is 11.3. The molecule has 4 heterocycles. The summed E-state index contributed by atoms with van der Waals surface area (Å²) in [4.78, 5) is 39.0. The highest BCUT2D eigenvalue weighted by Crippen LogP contribution is 2.32. The van der Waals surface area contributed by atoms with Crippen LogP contribution in [0.2, 0.25) is 0 Å². The zero-order valence-electron chi connectivity index (χ0n) is 20.6. The van der Waals surface area contributed by atoms with Crippen molar-refractivity contribution < 1.29 is 4.79 Å². The molecule has 1 fully saturated rings. The average Bonchev–Trinajstić information content (AvgIpc) is 3.27. The Morgan fingerprint density at radius 3 is 2.89 bits per heavy atom. The molecule has 2 aliphatic rings. The molecule has 0 spiro atoms. The summed E-state index contributed by atoms with van der Waals surface area (Å²) in [5, 5.41) is 9.92. The highest BCUT2D eigenvalue weighted by Gasteiger charge is 2.25. The lowest BCUT2D eigenvalue weighted by atomic mass is 9.98. The van der Waals surface area contributed by atoms with Gasteiger partial charge in [-0.1, -0.05) is 12.1 Å². The minimum atomic E-state index is -0.322. The van der Waals surface area contributed by atoms with E-state index in [4.69, 9.17) is 0 Å². The summed E-state index contributed by atoms with van der Waals surface area (Å²) in [6, 6.07) is 8.00. The molecule has 2 aromatic heterocycles. The average molecular weight is 508 g/mol.